The molecule has 0 fully saturated rings. The zero-order valence-corrected chi connectivity index (χ0v) is 17.9. The van der Waals surface area contributed by atoms with E-state index in [4.69, 9.17) is 11.6 Å². The molecule has 0 aliphatic rings. The summed E-state index contributed by atoms with van der Waals surface area (Å²) < 4.78 is 2.04. The Morgan fingerprint density at radius 3 is 2.61 bits per heavy atom. The molecule has 0 saturated heterocycles. The number of carbonyl (C=O) groups is 2. The molecule has 2 rings (SSSR count). The normalized spacial score (nSPS) is 11.9. The average molecular weight is 424 g/mol. The fourth-order valence-electron chi connectivity index (χ4n) is 2.68. The first kappa shape index (κ1) is 22.2. The molecule has 1 heterocycles. The number of carbonyl (C=O) groups excluding carboxylic acids is 2. The summed E-state index contributed by atoms with van der Waals surface area (Å²) in [5, 5.41) is 14.5. The van der Waals surface area contributed by atoms with Crippen LogP contribution < -0.4 is 10.6 Å². The molecule has 7 nitrogen and oxygen atoms in total. The Balaban J connectivity index is 2.20. The molecular weight excluding hydrogens is 398 g/mol. The topological polar surface area (TPSA) is 88.9 Å². The van der Waals surface area contributed by atoms with Gasteiger partial charge in [0.2, 0.25) is 5.91 Å². The third-order valence-electron chi connectivity index (χ3n) is 4.18. The maximum atomic E-state index is 11.9. The van der Waals surface area contributed by atoms with Crippen LogP contribution in [-0.4, -0.2) is 39.5 Å². The van der Waals surface area contributed by atoms with Gasteiger partial charge in [0.05, 0.1) is 5.75 Å². The first-order valence-electron chi connectivity index (χ1n) is 9.28. The molecule has 1 atom stereocenters. The number of urea groups is 1. The Morgan fingerprint density at radius 1 is 1.25 bits per heavy atom. The molecular formula is C19H26ClN5O2S. The van der Waals surface area contributed by atoms with E-state index < -0.39 is 6.03 Å². The number of thioether (sulfide) groups is 1. The first-order chi connectivity index (χ1) is 13.4. The molecule has 0 spiro atoms. The van der Waals surface area contributed by atoms with Crippen molar-refractivity contribution in [2.45, 2.75) is 44.8 Å². The van der Waals surface area contributed by atoms with Crippen LogP contribution >= 0.6 is 23.4 Å². The van der Waals surface area contributed by atoms with Gasteiger partial charge in [-0.3, -0.25) is 10.1 Å². The third kappa shape index (κ3) is 6.53. The van der Waals surface area contributed by atoms with E-state index in [0.717, 1.165) is 37.2 Å². The number of hydrogen-bond donors (Lipinski definition) is 2. The van der Waals surface area contributed by atoms with E-state index in [-0.39, 0.29) is 11.7 Å². The summed E-state index contributed by atoms with van der Waals surface area (Å²) in [5.74, 6) is 0.886. The van der Waals surface area contributed by atoms with Gasteiger partial charge in [0.15, 0.2) is 11.0 Å². The molecule has 2 aromatic rings. The van der Waals surface area contributed by atoms with Crippen molar-refractivity contribution in [2.24, 2.45) is 5.92 Å². The highest BCUT2D eigenvalue weighted by atomic mass is 35.5. The molecule has 152 valence electrons. The van der Waals surface area contributed by atoms with Crippen LogP contribution in [0.15, 0.2) is 29.4 Å². The van der Waals surface area contributed by atoms with Crippen molar-refractivity contribution in [3.8, 4) is 11.4 Å². The van der Waals surface area contributed by atoms with Gasteiger partial charge in [-0.1, -0.05) is 50.1 Å². The number of hydrogen-bond acceptors (Lipinski definition) is 5. The van der Waals surface area contributed by atoms with Gasteiger partial charge in [0.1, 0.15) is 0 Å². The number of amides is 3. The molecule has 9 heteroatoms. The predicted octanol–water partition coefficient (Wildman–Crippen LogP) is 3.97. The van der Waals surface area contributed by atoms with Gasteiger partial charge in [0.25, 0.3) is 0 Å². The zero-order valence-electron chi connectivity index (χ0n) is 16.4. The number of imide groups is 1. The van der Waals surface area contributed by atoms with Crippen LogP contribution in [0.25, 0.3) is 11.4 Å². The van der Waals surface area contributed by atoms with Crippen molar-refractivity contribution < 1.29 is 9.59 Å². The second kappa shape index (κ2) is 11.1. The molecule has 0 radical (unpaired) electrons. The van der Waals surface area contributed by atoms with Crippen LogP contribution in [0.4, 0.5) is 4.79 Å². The summed E-state index contributed by atoms with van der Waals surface area (Å²) >= 11 is 7.26. The fourth-order valence-corrected chi connectivity index (χ4v) is 3.56. The molecule has 0 unspecified atom stereocenters. The molecule has 1 aromatic carbocycles. The van der Waals surface area contributed by atoms with E-state index in [1.807, 2.05) is 28.8 Å². The second-order valence-corrected chi connectivity index (χ2v) is 7.97. The number of halogens is 1. The average Bonchev–Trinajstić information content (AvgIpc) is 3.07. The minimum atomic E-state index is -0.526. The Labute approximate surface area is 174 Å². The van der Waals surface area contributed by atoms with Gasteiger partial charge >= 0.3 is 6.03 Å². The quantitative estimate of drug-likeness (QED) is 0.595. The second-order valence-electron chi connectivity index (χ2n) is 6.59. The van der Waals surface area contributed by atoms with Crippen LogP contribution in [0.3, 0.4) is 0 Å². The SMILES string of the molecule is CCCC[C@@H](C)Cn1c(SCC(=O)NC(=O)NC)nnc1-c1ccc(Cl)cc1. The summed E-state index contributed by atoms with van der Waals surface area (Å²) in [7, 11) is 1.46. The van der Waals surface area contributed by atoms with E-state index in [1.165, 1.54) is 18.8 Å². The lowest BCUT2D eigenvalue weighted by atomic mass is 10.0. The third-order valence-corrected chi connectivity index (χ3v) is 5.40. The van der Waals surface area contributed by atoms with Gasteiger partial charge in [-0.05, 0) is 36.6 Å². The lowest BCUT2D eigenvalue weighted by Crippen LogP contribution is -2.38. The number of unbranched alkanes of at least 4 members (excludes halogenated alkanes) is 1. The Hall–Kier alpha value is -2.06. The highest BCUT2D eigenvalue weighted by Gasteiger charge is 2.18. The zero-order chi connectivity index (χ0) is 20.5. The summed E-state index contributed by atoms with van der Waals surface area (Å²) in [6.07, 6.45) is 3.42. The van der Waals surface area contributed by atoms with Crippen LogP contribution in [0.5, 0.6) is 0 Å². The molecule has 0 aliphatic carbocycles. The van der Waals surface area contributed by atoms with Crippen molar-refractivity contribution in [1.82, 2.24) is 25.4 Å². The van der Waals surface area contributed by atoms with Crippen LogP contribution in [0.1, 0.15) is 33.1 Å². The maximum Gasteiger partial charge on any atom is 0.321 e. The minimum Gasteiger partial charge on any atom is -0.341 e. The lowest BCUT2D eigenvalue weighted by molar-refractivity contribution is -0.117. The van der Waals surface area contributed by atoms with Crippen molar-refractivity contribution in [3.63, 3.8) is 0 Å². The standard InChI is InChI=1S/C19H26ClN5O2S/c1-4-5-6-13(2)11-25-17(14-7-9-15(20)10-8-14)23-24-19(25)28-12-16(26)22-18(27)21-3/h7-10,13H,4-6,11-12H2,1-3H3,(H2,21,22,26,27)/t13-/m1/s1. The van der Waals surface area contributed by atoms with Gasteiger partial charge < -0.3 is 9.88 Å². The summed E-state index contributed by atoms with van der Waals surface area (Å²) in [5.41, 5.74) is 0.918. The van der Waals surface area contributed by atoms with Gasteiger partial charge in [-0.2, -0.15) is 0 Å². The molecule has 28 heavy (non-hydrogen) atoms. The van der Waals surface area contributed by atoms with E-state index in [9.17, 15) is 9.59 Å². The number of nitrogens with one attached hydrogen (secondary N) is 2. The van der Waals surface area contributed by atoms with E-state index >= 15 is 0 Å². The maximum absolute atomic E-state index is 11.9. The lowest BCUT2D eigenvalue weighted by Gasteiger charge is -2.15. The van der Waals surface area contributed by atoms with Gasteiger partial charge in [-0.15, -0.1) is 10.2 Å². The number of rotatable bonds is 9. The van der Waals surface area contributed by atoms with E-state index in [1.54, 1.807) is 0 Å². The minimum absolute atomic E-state index is 0.0789. The summed E-state index contributed by atoms with van der Waals surface area (Å²) in [6, 6.07) is 6.93. The van der Waals surface area contributed by atoms with Crippen molar-refractivity contribution >= 4 is 35.3 Å². The van der Waals surface area contributed by atoms with Crippen LogP contribution in [0.2, 0.25) is 5.02 Å². The Bertz CT molecular complexity index is 794. The van der Waals surface area contributed by atoms with Crippen LogP contribution in [0, 0.1) is 5.92 Å². The molecule has 0 aliphatic heterocycles. The number of benzene rings is 1. The molecule has 0 saturated carbocycles. The van der Waals surface area contributed by atoms with Crippen LogP contribution in [-0.2, 0) is 11.3 Å². The highest BCUT2D eigenvalue weighted by molar-refractivity contribution is 7.99. The fraction of sp³-hybridized carbons (Fsp3) is 0.474. The predicted molar refractivity (Wildman–Crippen MR) is 112 cm³/mol. The molecule has 3 amide bonds. The highest BCUT2D eigenvalue weighted by Crippen LogP contribution is 2.27. The molecule has 2 N–H and O–H groups in total. The largest absolute Gasteiger partial charge is 0.341 e. The molecule has 0 bridgehead atoms. The van der Waals surface area contributed by atoms with Crippen molar-refractivity contribution in [1.29, 1.82) is 0 Å². The number of aromatic nitrogens is 3. The first-order valence-corrected chi connectivity index (χ1v) is 10.6. The van der Waals surface area contributed by atoms with E-state index in [0.29, 0.717) is 16.1 Å². The monoisotopic (exact) mass is 423 g/mol. The number of nitrogens with zero attached hydrogens (tertiary/aromatic N) is 3. The van der Waals surface area contributed by atoms with Crippen molar-refractivity contribution in [3.05, 3.63) is 29.3 Å². The smallest absolute Gasteiger partial charge is 0.321 e. The Kier molecular flexibility index (Phi) is 8.79. The summed E-state index contributed by atoms with van der Waals surface area (Å²) in [4.78, 5) is 23.2. The summed E-state index contributed by atoms with van der Waals surface area (Å²) in [6.45, 7) is 5.13. The Morgan fingerprint density at radius 2 is 1.96 bits per heavy atom. The molecule has 1 aromatic heterocycles. The van der Waals surface area contributed by atoms with Crippen molar-refractivity contribution in [2.75, 3.05) is 12.8 Å². The van der Waals surface area contributed by atoms with E-state index in [2.05, 4.69) is 34.7 Å². The van der Waals surface area contributed by atoms with Gasteiger partial charge in [-0.25, -0.2) is 4.79 Å². The van der Waals surface area contributed by atoms with Gasteiger partial charge in [0, 0.05) is 24.2 Å².